The Morgan fingerprint density at radius 1 is 1.09 bits per heavy atom. The van der Waals surface area contributed by atoms with Crippen molar-refractivity contribution in [2.75, 3.05) is 17.7 Å². The molecule has 0 bridgehead atoms. The number of halogens is 1. The smallest absolute Gasteiger partial charge is 0.255 e. The standard InChI is InChI=1S/C16H15FN2O3/c1-10(20)18-12-6-7-14(17)15(9-12)19-16(21)11-4-3-5-13(8-11)22-2/h3-9H,1-2H3,(H,18,20)(H,19,21). The van der Waals surface area contributed by atoms with Crippen LogP contribution in [0, 0.1) is 5.82 Å². The van der Waals surface area contributed by atoms with E-state index in [2.05, 4.69) is 10.6 Å². The summed E-state index contributed by atoms with van der Waals surface area (Å²) < 4.78 is 18.8. The quantitative estimate of drug-likeness (QED) is 0.912. The van der Waals surface area contributed by atoms with Crippen LogP contribution in [0.3, 0.4) is 0 Å². The summed E-state index contributed by atoms with van der Waals surface area (Å²) in [5.74, 6) is -0.820. The van der Waals surface area contributed by atoms with E-state index in [0.717, 1.165) is 0 Å². The minimum Gasteiger partial charge on any atom is -0.497 e. The van der Waals surface area contributed by atoms with Crippen molar-refractivity contribution in [3.8, 4) is 5.75 Å². The van der Waals surface area contributed by atoms with Gasteiger partial charge in [0.1, 0.15) is 11.6 Å². The first-order chi connectivity index (χ1) is 10.5. The molecular formula is C16H15FN2O3. The highest BCUT2D eigenvalue weighted by atomic mass is 19.1. The fraction of sp³-hybridized carbons (Fsp3) is 0.125. The van der Waals surface area contributed by atoms with Gasteiger partial charge in [-0.15, -0.1) is 0 Å². The molecule has 6 heteroatoms. The fourth-order valence-electron chi connectivity index (χ4n) is 1.86. The number of carbonyl (C=O) groups is 2. The van der Waals surface area contributed by atoms with Crippen molar-refractivity contribution in [1.29, 1.82) is 0 Å². The van der Waals surface area contributed by atoms with Crippen molar-refractivity contribution >= 4 is 23.2 Å². The van der Waals surface area contributed by atoms with Crippen LogP contribution in [0.2, 0.25) is 0 Å². The predicted molar refractivity (Wildman–Crippen MR) is 81.7 cm³/mol. The van der Waals surface area contributed by atoms with Crippen LogP contribution in [0.1, 0.15) is 17.3 Å². The summed E-state index contributed by atoms with van der Waals surface area (Å²) in [5, 5.41) is 5.00. The third-order valence-corrected chi connectivity index (χ3v) is 2.87. The maximum atomic E-state index is 13.8. The van der Waals surface area contributed by atoms with Crippen molar-refractivity contribution in [2.45, 2.75) is 6.92 Å². The van der Waals surface area contributed by atoms with Gasteiger partial charge < -0.3 is 15.4 Å². The van der Waals surface area contributed by atoms with Gasteiger partial charge >= 0.3 is 0 Å². The topological polar surface area (TPSA) is 67.4 Å². The number of rotatable bonds is 4. The van der Waals surface area contributed by atoms with Crippen molar-refractivity contribution in [3.05, 3.63) is 53.8 Å². The Bertz CT molecular complexity index is 716. The average Bonchev–Trinajstić information content (AvgIpc) is 2.50. The molecule has 5 nitrogen and oxygen atoms in total. The monoisotopic (exact) mass is 302 g/mol. The Morgan fingerprint density at radius 2 is 1.86 bits per heavy atom. The maximum absolute atomic E-state index is 13.8. The molecule has 2 amide bonds. The number of methoxy groups -OCH3 is 1. The van der Waals surface area contributed by atoms with E-state index in [0.29, 0.717) is 17.0 Å². The lowest BCUT2D eigenvalue weighted by molar-refractivity contribution is -0.114. The minimum atomic E-state index is -0.592. The minimum absolute atomic E-state index is 0.0148. The Balaban J connectivity index is 2.21. The summed E-state index contributed by atoms with van der Waals surface area (Å²) in [7, 11) is 1.49. The van der Waals surface area contributed by atoms with Crippen LogP contribution in [0.25, 0.3) is 0 Å². The lowest BCUT2D eigenvalue weighted by Gasteiger charge is -2.10. The summed E-state index contributed by atoms with van der Waals surface area (Å²) in [6, 6.07) is 10.4. The van der Waals surface area contributed by atoms with Gasteiger partial charge in [-0.05, 0) is 36.4 Å². The summed E-state index contributed by atoms with van der Waals surface area (Å²) in [4.78, 5) is 23.2. The zero-order chi connectivity index (χ0) is 16.1. The molecule has 0 spiro atoms. The van der Waals surface area contributed by atoms with Crippen LogP contribution in [0.15, 0.2) is 42.5 Å². The van der Waals surface area contributed by atoms with Crippen LogP contribution in [0.4, 0.5) is 15.8 Å². The van der Waals surface area contributed by atoms with Gasteiger partial charge in [0, 0.05) is 18.2 Å². The highest BCUT2D eigenvalue weighted by Gasteiger charge is 2.11. The van der Waals surface area contributed by atoms with Crippen molar-refractivity contribution < 1.29 is 18.7 Å². The number of benzene rings is 2. The average molecular weight is 302 g/mol. The number of nitrogens with one attached hydrogen (secondary N) is 2. The van der Waals surface area contributed by atoms with Crippen LogP contribution in [-0.2, 0) is 4.79 Å². The van der Waals surface area contributed by atoms with Crippen molar-refractivity contribution in [2.24, 2.45) is 0 Å². The molecular weight excluding hydrogens is 287 g/mol. The number of anilines is 2. The van der Waals surface area contributed by atoms with E-state index >= 15 is 0 Å². The molecule has 0 aromatic heterocycles. The summed E-state index contributed by atoms with van der Waals surface area (Å²) >= 11 is 0. The molecule has 2 N–H and O–H groups in total. The second kappa shape index (κ2) is 6.71. The van der Waals surface area contributed by atoms with Crippen LogP contribution in [0.5, 0.6) is 5.75 Å². The molecule has 0 saturated carbocycles. The van der Waals surface area contributed by atoms with Crippen molar-refractivity contribution in [3.63, 3.8) is 0 Å². The molecule has 0 aliphatic carbocycles. The number of carbonyl (C=O) groups excluding carboxylic acids is 2. The Kier molecular flexibility index (Phi) is 4.73. The number of hydrogen-bond acceptors (Lipinski definition) is 3. The van der Waals surface area contributed by atoms with Gasteiger partial charge in [0.05, 0.1) is 12.8 Å². The van der Waals surface area contributed by atoms with Gasteiger partial charge in [0.15, 0.2) is 0 Å². The molecule has 0 saturated heterocycles. The van der Waals surface area contributed by atoms with Gasteiger partial charge in [-0.3, -0.25) is 9.59 Å². The lowest BCUT2D eigenvalue weighted by Crippen LogP contribution is -2.14. The molecule has 0 fully saturated rings. The molecule has 2 rings (SSSR count). The normalized spacial score (nSPS) is 9.95. The third kappa shape index (κ3) is 3.82. The third-order valence-electron chi connectivity index (χ3n) is 2.87. The Hall–Kier alpha value is -2.89. The van der Waals surface area contributed by atoms with Gasteiger partial charge in [-0.2, -0.15) is 0 Å². The fourth-order valence-corrected chi connectivity index (χ4v) is 1.86. The lowest BCUT2D eigenvalue weighted by atomic mass is 10.2. The van der Waals surface area contributed by atoms with E-state index in [-0.39, 0.29) is 11.6 Å². The van der Waals surface area contributed by atoms with Gasteiger partial charge in [-0.25, -0.2) is 4.39 Å². The molecule has 2 aromatic rings. The molecule has 0 atom stereocenters. The summed E-state index contributed by atoms with van der Waals surface area (Å²) in [6.45, 7) is 1.35. The van der Waals surface area contributed by atoms with Crippen LogP contribution < -0.4 is 15.4 Å². The van der Waals surface area contributed by atoms with E-state index < -0.39 is 11.7 Å². The predicted octanol–water partition coefficient (Wildman–Crippen LogP) is 3.05. The van der Waals surface area contributed by atoms with E-state index in [1.165, 1.54) is 32.2 Å². The molecule has 22 heavy (non-hydrogen) atoms. The van der Waals surface area contributed by atoms with Gasteiger partial charge in [-0.1, -0.05) is 6.07 Å². The van der Waals surface area contributed by atoms with E-state index in [1.807, 2.05) is 0 Å². The van der Waals surface area contributed by atoms with Crippen LogP contribution in [-0.4, -0.2) is 18.9 Å². The Labute approximate surface area is 127 Å². The van der Waals surface area contributed by atoms with E-state index in [1.54, 1.807) is 24.3 Å². The first-order valence-corrected chi connectivity index (χ1v) is 6.52. The highest BCUT2D eigenvalue weighted by Crippen LogP contribution is 2.21. The molecule has 0 aliphatic rings. The second-order valence-electron chi connectivity index (χ2n) is 4.56. The second-order valence-corrected chi connectivity index (χ2v) is 4.56. The molecule has 0 unspecified atom stereocenters. The molecule has 0 aliphatic heterocycles. The van der Waals surface area contributed by atoms with E-state index in [9.17, 15) is 14.0 Å². The Morgan fingerprint density at radius 3 is 2.55 bits per heavy atom. The summed E-state index contributed by atoms with van der Waals surface area (Å²) in [6.07, 6.45) is 0. The molecule has 2 aromatic carbocycles. The zero-order valence-electron chi connectivity index (χ0n) is 12.1. The van der Waals surface area contributed by atoms with Gasteiger partial charge in [0.2, 0.25) is 5.91 Å². The van der Waals surface area contributed by atoms with Gasteiger partial charge in [0.25, 0.3) is 5.91 Å². The zero-order valence-corrected chi connectivity index (χ0v) is 12.1. The number of ether oxygens (including phenoxy) is 1. The maximum Gasteiger partial charge on any atom is 0.255 e. The number of hydrogen-bond donors (Lipinski definition) is 2. The summed E-state index contributed by atoms with van der Waals surface area (Å²) in [5.41, 5.74) is 0.720. The highest BCUT2D eigenvalue weighted by molar-refractivity contribution is 6.05. The van der Waals surface area contributed by atoms with E-state index in [4.69, 9.17) is 4.74 Å². The molecule has 0 heterocycles. The first kappa shape index (κ1) is 15.5. The molecule has 0 radical (unpaired) electrons. The number of amides is 2. The van der Waals surface area contributed by atoms with Crippen LogP contribution >= 0.6 is 0 Å². The van der Waals surface area contributed by atoms with Crippen molar-refractivity contribution in [1.82, 2.24) is 0 Å². The first-order valence-electron chi connectivity index (χ1n) is 6.52. The molecule has 114 valence electrons. The SMILES string of the molecule is COc1cccc(C(=O)Nc2cc(NC(C)=O)ccc2F)c1. The largest absolute Gasteiger partial charge is 0.497 e.